The zero-order valence-electron chi connectivity index (χ0n) is 13.7. The number of anilines is 1. The number of aryl methyl sites for hydroxylation is 3. The number of furan rings is 1. The van der Waals surface area contributed by atoms with Crippen LogP contribution >= 0.6 is 0 Å². The van der Waals surface area contributed by atoms with E-state index < -0.39 is 10.0 Å². The summed E-state index contributed by atoms with van der Waals surface area (Å²) < 4.78 is 38.8. The van der Waals surface area contributed by atoms with Gasteiger partial charge in [0.2, 0.25) is 5.76 Å². The summed E-state index contributed by atoms with van der Waals surface area (Å²) >= 11 is 0. The van der Waals surface area contributed by atoms with E-state index >= 15 is 0 Å². The van der Waals surface area contributed by atoms with Crippen LogP contribution in [0.4, 0.5) is 5.69 Å². The molecule has 0 unspecified atom stereocenters. The Labute approximate surface area is 140 Å². The van der Waals surface area contributed by atoms with E-state index in [4.69, 9.17) is 8.94 Å². The summed E-state index contributed by atoms with van der Waals surface area (Å²) in [4.78, 5) is 0.0826. The Kier molecular flexibility index (Phi) is 4.19. The number of hydrogen-bond donors (Lipinski definition) is 1. The molecule has 3 aromatic rings. The molecule has 2 aromatic heterocycles. The van der Waals surface area contributed by atoms with Gasteiger partial charge in [-0.05, 0) is 31.4 Å². The van der Waals surface area contributed by atoms with Crippen LogP contribution in [0, 0.1) is 13.8 Å². The molecule has 0 aliphatic rings. The molecule has 1 N–H and O–H groups in total. The normalized spacial score (nSPS) is 11.6. The summed E-state index contributed by atoms with van der Waals surface area (Å²) in [5.41, 5.74) is 2.42. The van der Waals surface area contributed by atoms with Gasteiger partial charge in [0.25, 0.3) is 10.0 Å². The first-order valence-corrected chi connectivity index (χ1v) is 9.03. The van der Waals surface area contributed by atoms with Crippen molar-refractivity contribution in [2.24, 2.45) is 0 Å². The van der Waals surface area contributed by atoms with Crippen molar-refractivity contribution in [3.8, 4) is 11.5 Å². The lowest BCUT2D eigenvalue weighted by atomic mass is 10.1. The SMILES string of the molecule is CCc1cccc(C)c1NS(=O)(=O)c1cc(-c2ccno2)oc1C. The van der Waals surface area contributed by atoms with Crippen molar-refractivity contribution in [3.63, 3.8) is 0 Å². The molecule has 24 heavy (non-hydrogen) atoms. The molecule has 0 bridgehead atoms. The Hall–Kier alpha value is -2.54. The highest BCUT2D eigenvalue weighted by atomic mass is 32.2. The molecule has 1 aromatic carbocycles. The molecule has 0 radical (unpaired) electrons. The monoisotopic (exact) mass is 346 g/mol. The molecule has 2 heterocycles. The Morgan fingerprint density at radius 3 is 2.62 bits per heavy atom. The van der Waals surface area contributed by atoms with Crippen LogP contribution in [0.2, 0.25) is 0 Å². The van der Waals surface area contributed by atoms with Crippen molar-refractivity contribution in [1.29, 1.82) is 0 Å². The van der Waals surface area contributed by atoms with Crippen molar-refractivity contribution < 1.29 is 17.4 Å². The highest BCUT2D eigenvalue weighted by molar-refractivity contribution is 7.92. The highest BCUT2D eigenvalue weighted by Gasteiger charge is 2.24. The van der Waals surface area contributed by atoms with Crippen LogP contribution in [0.1, 0.15) is 23.8 Å². The zero-order valence-corrected chi connectivity index (χ0v) is 14.5. The number of hydrogen-bond acceptors (Lipinski definition) is 5. The first-order chi connectivity index (χ1) is 11.4. The van der Waals surface area contributed by atoms with Gasteiger partial charge in [-0.1, -0.05) is 30.3 Å². The quantitative estimate of drug-likeness (QED) is 0.757. The number of aromatic nitrogens is 1. The summed E-state index contributed by atoms with van der Waals surface area (Å²) in [6, 6.07) is 8.75. The van der Waals surface area contributed by atoms with E-state index in [-0.39, 0.29) is 4.90 Å². The maximum absolute atomic E-state index is 12.8. The average Bonchev–Trinajstić information content (AvgIpc) is 3.18. The second-order valence-corrected chi connectivity index (χ2v) is 7.13. The number of rotatable bonds is 5. The maximum atomic E-state index is 12.8. The lowest BCUT2D eigenvalue weighted by Crippen LogP contribution is -2.15. The summed E-state index contributed by atoms with van der Waals surface area (Å²) in [5, 5.41) is 3.60. The van der Waals surface area contributed by atoms with Crippen molar-refractivity contribution >= 4 is 15.7 Å². The third kappa shape index (κ3) is 2.94. The molecular formula is C17H18N2O4S. The van der Waals surface area contributed by atoms with Crippen LogP contribution in [0.25, 0.3) is 11.5 Å². The van der Waals surface area contributed by atoms with Gasteiger partial charge in [-0.25, -0.2) is 8.42 Å². The average molecular weight is 346 g/mol. The molecule has 0 aliphatic heterocycles. The molecule has 0 atom stereocenters. The van der Waals surface area contributed by atoms with Gasteiger partial charge in [0.15, 0.2) is 5.76 Å². The zero-order chi connectivity index (χ0) is 17.3. The first kappa shape index (κ1) is 16.3. The van der Waals surface area contributed by atoms with Crippen LogP contribution in [0.5, 0.6) is 0 Å². The van der Waals surface area contributed by atoms with Gasteiger partial charge in [0.05, 0.1) is 11.9 Å². The van der Waals surface area contributed by atoms with Crippen LogP contribution in [-0.2, 0) is 16.4 Å². The standard InChI is InChI=1S/C17H18N2O4S/c1-4-13-7-5-6-11(2)17(13)19-24(20,21)16-10-15(22-12(16)3)14-8-9-18-23-14/h5-10,19H,4H2,1-3H3. The Balaban J connectivity index is 2.01. The minimum Gasteiger partial charge on any atom is -0.456 e. The van der Waals surface area contributed by atoms with Gasteiger partial charge in [-0.3, -0.25) is 4.72 Å². The number of benzene rings is 1. The van der Waals surface area contributed by atoms with Crippen LogP contribution in [0.3, 0.4) is 0 Å². The predicted molar refractivity (Wildman–Crippen MR) is 90.3 cm³/mol. The van der Waals surface area contributed by atoms with E-state index in [1.54, 1.807) is 13.0 Å². The largest absolute Gasteiger partial charge is 0.456 e. The van der Waals surface area contributed by atoms with Gasteiger partial charge in [0.1, 0.15) is 10.7 Å². The van der Waals surface area contributed by atoms with E-state index in [9.17, 15) is 8.42 Å². The van der Waals surface area contributed by atoms with Crippen molar-refractivity contribution in [2.75, 3.05) is 4.72 Å². The molecular weight excluding hydrogens is 328 g/mol. The fourth-order valence-corrected chi connectivity index (χ4v) is 3.91. The Bertz CT molecular complexity index is 957. The van der Waals surface area contributed by atoms with Crippen LogP contribution in [0.15, 0.2) is 50.4 Å². The number of nitrogens with zero attached hydrogens (tertiary/aromatic N) is 1. The van der Waals surface area contributed by atoms with Crippen LogP contribution in [-0.4, -0.2) is 13.6 Å². The summed E-state index contributed by atoms with van der Waals surface area (Å²) in [7, 11) is -3.78. The van der Waals surface area contributed by atoms with E-state index in [1.807, 2.05) is 32.0 Å². The van der Waals surface area contributed by atoms with Gasteiger partial charge >= 0.3 is 0 Å². The maximum Gasteiger partial charge on any atom is 0.265 e. The predicted octanol–water partition coefficient (Wildman–Crippen LogP) is 3.91. The van der Waals surface area contributed by atoms with Crippen molar-refractivity contribution in [1.82, 2.24) is 5.16 Å². The summed E-state index contributed by atoms with van der Waals surface area (Å²) in [6.07, 6.45) is 2.20. The van der Waals surface area contributed by atoms with Gasteiger partial charge in [0, 0.05) is 12.1 Å². The molecule has 0 saturated heterocycles. The fraction of sp³-hybridized carbons (Fsp3) is 0.235. The summed E-state index contributed by atoms with van der Waals surface area (Å²) in [6.45, 7) is 5.46. The van der Waals surface area contributed by atoms with E-state index in [1.165, 1.54) is 12.3 Å². The highest BCUT2D eigenvalue weighted by Crippen LogP contribution is 2.30. The third-order valence-corrected chi connectivity index (χ3v) is 5.28. The minimum atomic E-state index is -3.78. The topological polar surface area (TPSA) is 85.3 Å². The molecule has 6 nitrogen and oxygen atoms in total. The number of sulfonamides is 1. The first-order valence-electron chi connectivity index (χ1n) is 7.55. The Morgan fingerprint density at radius 1 is 1.17 bits per heavy atom. The number of para-hydroxylation sites is 1. The van der Waals surface area contributed by atoms with Gasteiger partial charge in [-0.15, -0.1) is 0 Å². The second-order valence-electron chi connectivity index (χ2n) is 5.48. The van der Waals surface area contributed by atoms with E-state index in [2.05, 4.69) is 9.88 Å². The van der Waals surface area contributed by atoms with Crippen LogP contribution < -0.4 is 4.72 Å². The van der Waals surface area contributed by atoms with Crippen molar-refractivity contribution in [2.45, 2.75) is 32.1 Å². The molecule has 0 fully saturated rings. The molecule has 0 saturated carbocycles. The minimum absolute atomic E-state index is 0.0826. The van der Waals surface area contributed by atoms with Crippen molar-refractivity contribution in [3.05, 3.63) is 53.4 Å². The third-order valence-electron chi connectivity index (χ3n) is 3.82. The molecule has 7 heteroatoms. The van der Waals surface area contributed by atoms with Gasteiger partial charge in [-0.2, -0.15) is 0 Å². The second kappa shape index (κ2) is 6.16. The molecule has 3 rings (SSSR count). The Morgan fingerprint density at radius 2 is 1.96 bits per heavy atom. The molecule has 0 amide bonds. The van der Waals surface area contributed by atoms with E-state index in [0.717, 1.165) is 17.5 Å². The smallest absolute Gasteiger partial charge is 0.265 e. The molecule has 126 valence electrons. The van der Waals surface area contributed by atoms with E-state index in [0.29, 0.717) is 23.0 Å². The number of nitrogens with one attached hydrogen (secondary N) is 1. The molecule has 0 spiro atoms. The summed E-state index contributed by atoms with van der Waals surface area (Å²) in [5.74, 6) is 0.996. The fourth-order valence-electron chi connectivity index (χ4n) is 2.56. The lowest BCUT2D eigenvalue weighted by molar-refractivity contribution is 0.414. The lowest BCUT2D eigenvalue weighted by Gasteiger charge is -2.13. The molecule has 0 aliphatic carbocycles. The van der Waals surface area contributed by atoms with Gasteiger partial charge < -0.3 is 8.94 Å².